The number of hydrogen-bond donors (Lipinski definition) is 1. The first kappa shape index (κ1) is 17.9. The van der Waals surface area contributed by atoms with Gasteiger partial charge in [0.1, 0.15) is 0 Å². The number of unbranched alkanes of at least 4 members (excludes halogenated alkanes) is 9. The molecule has 0 fully saturated rings. The van der Waals surface area contributed by atoms with E-state index in [-0.39, 0.29) is 51.7 Å². The van der Waals surface area contributed by atoms with Gasteiger partial charge in [0.2, 0.25) is 0 Å². The predicted octanol–water partition coefficient (Wildman–Crippen LogP) is 3.74. The van der Waals surface area contributed by atoms with Crippen LogP contribution in [0, 0.1) is 0 Å². The summed E-state index contributed by atoms with van der Waals surface area (Å²) in [5.74, 6) is 0. The predicted molar refractivity (Wildman–Crippen MR) is 66.9 cm³/mol. The van der Waals surface area contributed by atoms with Crippen molar-refractivity contribution in [3.63, 3.8) is 0 Å². The minimum Gasteiger partial charge on any atom is -1.00 e. The van der Waals surface area contributed by atoms with Crippen molar-refractivity contribution < 1.29 is 7.96 Å². The van der Waals surface area contributed by atoms with Crippen LogP contribution < -0.4 is 0 Å². The molecule has 0 aliphatic heterocycles. The summed E-state index contributed by atoms with van der Waals surface area (Å²) in [5.41, 5.74) is 0. The molecular weight excluding hydrogens is 297 g/mol. The van der Waals surface area contributed by atoms with Crippen molar-refractivity contribution in [2.75, 3.05) is 6.61 Å². The minimum atomic E-state index is 0. The van der Waals surface area contributed by atoms with Crippen molar-refractivity contribution in [2.45, 2.75) is 71.1 Å². The van der Waals surface area contributed by atoms with E-state index >= 15 is 0 Å². The summed E-state index contributed by atoms with van der Waals surface area (Å²) in [7, 11) is 0. The molecule has 1 N–H and O–H groups in total. The molecule has 0 radical (unpaired) electrons. The second-order valence-corrected chi connectivity index (χ2v) is 3.91. The molecule has 0 heterocycles. The normalized spacial score (nSPS) is 9.86. The zero-order valence-corrected chi connectivity index (χ0v) is 14.4. The Kier molecular flexibility index (Phi) is 21.7. The fourth-order valence-electron chi connectivity index (χ4n) is 1.60. The van der Waals surface area contributed by atoms with Crippen molar-refractivity contribution in [2.24, 2.45) is 0 Å². The van der Waals surface area contributed by atoms with E-state index in [9.17, 15) is 0 Å². The average molecular weight is 326 g/mol. The van der Waals surface area contributed by atoms with Crippen LogP contribution in [0.5, 0.6) is 0 Å². The van der Waals surface area contributed by atoms with Gasteiger partial charge in [-0.25, -0.2) is 0 Å². The summed E-state index contributed by atoms with van der Waals surface area (Å²) in [6.45, 7) is 2.63. The van der Waals surface area contributed by atoms with Gasteiger partial charge in [0.15, 0.2) is 0 Å². The van der Waals surface area contributed by atoms with Gasteiger partial charge in [0.25, 0.3) is 0 Å². The summed E-state index contributed by atoms with van der Waals surface area (Å²) in [6, 6.07) is 0. The van der Waals surface area contributed by atoms with Crippen LogP contribution in [-0.2, 0) is 0 Å². The van der Waals surface area contributed by atoms with E-state index in [1.54, 1.807) is 0 Å². The van der Waals surface area contributed by atoms with Crippen LogP contribution in [0.2, 0.25) is 0 Å². The van der Waals surface area contributed by atoms with E-state index in [1.165, 1.54) is 57.8 Å². The van der Waals surface area contributed by atoms with Crippen molar-refractivity contribution in [3.05, 3.63) is 0 Å². The van der Waals surface area contributed by atoms with E-state index in [0.717, 1.165) is 6.42 Å². The topological polar surface area (TPSA) is 20.2 Å². The Balaban J connectivity index is -0.000000240. The van der Waals surface area contributed by atoms with E-state index in [1.807, 2.05) is 0 Å². The van der Waals surface area contributed by atoms with E-state index in [2.05, 4.69) is 6.92 Å². The van der Waals surface area contributed by atoms with Crippen LogP contribution in [-0.4, -0.2) is 60.6 Å². The van der Waals surface area contributed by atoms with Gasteiger partial charge in [-0.1, -0.05) is 64.7 Å². The van der Waals surface area contributed by atoms with Crippen molar-refractivity contribution in [1.82, 2.24) is 0 Å². The van der Waals surface area contributed by atoms with Crippen molar-refractivity contribution in [1.29, 1.82) is 0 Å². The van der Waals surface area contributed by atoms with Gasteiger partial charge in [-0.3, -0.25) is 0 Å². The maximum atomic E-state index is 8.57. The molecule has 0 spiro atoms. The quantitative estimate of drug-likeness (QED) is 0.479. The van der Waals surface area contributed by atoms with Crippen LogP contribution in [0.15, 0.2) is 0 Å². The number of hydrogen-bond acceptors (Lipinski definition) is 1. The zero-order valence-electron chi connectivity index (χ0n) is 11.9. The molecule has 2 heteroatoms. The van der Waals surface area contributed by atoms with Gasteiger partial charge in [-0.05, 0) is 6.42 Å². The third kappa shape index (κ3) is 16.0. The van der Waals surface area contributed by atoms with Gasteiger partial charge < -0.3 is 7.96 Å². The molecule has 0 unspecified atom stereocenters. The Morgan fingerprint density at radius 3 is 1.43 bits per heavy atom. The number of aliphatic hydroxyl groups excluding tert-OH is 1. The Morgan fingerprint density at radius 2 is 1.07 bits per heavy atom. The summed E-state index contributed by atoms with van der Waals surface area (Å²) in [5, 5.41) is 8.57. The monoisotopic (exact) mass is 326 g/mol. The van der Waals surface area contributed by atoms with Gasteiger partial charge in [0, 0.05) is 6.61 Å². The molecule has 14 heavy (non-hydrogen) atoms. The third-order valence-electron chi connectivity index (χ3n) is 2.51. The first-order valence-corrected chi connectivity index (χ1v) is 6.02. The van der Waals surface area contributed by atoms with E-state index in [0.29, 0.717) is 6.61 Å². The summed E-state index contributed by atoms with van der Waals surface area (Å²) >= 11 is 0. The molecule has 0 aliphatic carbocycles. The molecule has 0 atom stereocenters. The smallest absolute Gasteiger partial charge is 1.00 e. The molecule has 0 rings (SSSR count). The van der Waals surface area contributed by atoms with E-state index in [4.69, 9.17) is 5.11 Å². The fraction of sp³-hybridized carbons (Fsp3) is 1.00. The number of aliphatic hydroxyl groups is 1. The van der Waals surface area contributed by atoms with E-state index < -0.39 is 0 Å². The summed E-state index contributed by atoms with van der Waals surface area (Å²) < 4.78 is 0. The molecule has 84 valence electrons. The van der Waals surface area contributed by atoms with Gasteiger partial charge >= 0.3 is 48.9 Å². The Labute approximate surface area is 133 Å². The van der Waals surface area contributed by atoms with Gasteiger partial charge in [0.05, 0.1) is 0 Å². The van der Waals surface area contributed by atoms with Crippen LogP contribution in [0.25, 0.3) is 0 Å². The molecule has 0 aliphatic rings. The Hall–Kier alpha value is 1.53. The molecule has 0 saturated carbocycles. The number of rotatable bonds is 10. The standard InChI is InChI=1S/C12H26O.Ba.2H/c1-2-3-4-5-6-7-8-9-10-11-12-13;;;/h13H,2-12H2,1H3;;;/q;+2;2*-1. The molecule has 0 aromatic rings. The van der Waals surface area contributed by atoms with Crippen LogP contribution in [0.3, 0.4) is 0 Å². The zero-order chi connectivity index (χ0) is 9.78. The maximum Gasteiger partial charge on any atom is 2.00 e. The molecule has 0 aromatic heterocycles. The second-order valence-electron chi connectivity index (χ2n) is 3.91. The van der Waals surface area contributed by atoms with Crippen molar-refractivity contribution >= 4 is 48.9 Å². The Bertz CT molecular complexity index is 85.1. The second kappa shape index (κ2) is 16.9. The van der Waals surface area contributed by atoms with Gasteiger partial charge in [-0.15, -0.1) is 0 Å². The first-order chi connectivity index (χ1) is 6.41. The Morgan fingerprint density at radius 1 is 0.714 bits per heavy atom. The molecule has 0 amide bonds. The molecule has 0 saturated heterocycles. The molecule has 1 nitrogen and oxygen atoms in total. The molecule has 0 aromatic carbocycles. The summed E-state index contributed by atoms with van der Waals surface area (Å²) in [4.78, 5) is 0. The molecular formula is C12H28BaO. The van der Waals surface area contributed by atoms with Crippen LogP contribution >= 0.6 is 0 Å². The van der Waals surface area contributed by atoms with Gasteiger partial charge in [-0.2, -0.15) is 0 Å². The largest absolute Gasteiger partial charge is 2.00 e. The van der Waals surface area contributed by atoms with Crippen LogP contribution in [0.1, 0.15) is 74.0 Å². The third-order valence-corrected chi connectivity index (χ3v) is 2.51. The average Bonchev–Trinajstić information content (AvgIpc) is 2.16. The van der Waals surface area contributed by atoms with Crippen LogP contribution in [0.4, 0.5) is 0 Å². The fourth-order valence-corrected chi connectivity index (χ4v) is 1.60. The van der Waals surface area contributed by atoms with Crippen molar-refractivity contribution in [3.8, 4) is 0 Å². The SMILES string of the molecule is CCCCCCCCCCCCO.[Ba+2].[H-].[H-]. The minimum absolute atomic E-state index is 0. The first-order valence-electron chi connectivity index (χ1n) is 6.02. The molecule has 0 bridgehead atoms. The summed E-state index contributed by atoms with van der Waals surface area (Å²) in [6.07, 6.45) is 13.3. The maximum absolute atomic E-state index is 8.57.